The number of amides is 1. The molecule has 1 aromatic carbocycles. The van der Waals surface area contributed by atoms with Crippen LogP contribution in [0.4, 0.5) is 0 Å². The first-order valence-electron chi connectivity index (χ1n) is 10.0. The van der Waals surface area contributed by atoms with Crippen molar-refractivity contribution in [3.63, 3.8) is 0 Å². The van der Waals surface area contributed by atoms with Gasteiger partial charge in [-0.25, -0.2) is 0 Å². The predicted molar refractivity (Wildman–Crippen MR) is 99.5 cm³/mol. The summed E-state index contributed by atoms with van der Waals surface area (Å²) in [6, 6.07) is 9.82. The topological polar surface area (TPSA) is 64.0 Å². The summed E-state index contributed by atoms with van der Waals surface area (Å²) in [5.41, 5.74) is -1.09. The van der Waals surface area contributed by atoms with E-state index in [2.05, 4.69) is 4.90 Å². The number of likely N-dealkylation sites (tertiary alicyclic amines) is 2. The quantitative estimate of drug-likeness (QED) is 0.841. The van der Waals surface area contributed by atoms with Crippen LogP contribution in [0.2, 0.25) is 0 Å². The van der Waals surface area contributed by atoms with Crippen molar-refractivity contribution < 1.29 is 15.0 Å². The SMILES string of the molecule is O=C1N(CC2CC2)CCCC1(O)CN1CCC(O)(c2ccccc2)CC1. The van der Waals surface area contributed by atoms with Gasteiger partial charge >= 0.3 is 0 Å². The van der Waals surface area contributed by atoms with Crippen molar-refractivity contribution >= 4 is 5.91 Å². The molecule has 1 unspecified atom stereocenters. The van der Waals surface area contributed by atoms with E-state index in [1.165, 1.54) is 12.8 Å². The lowest BCUT2D eigenvalue weighted by Gasteiger charge is -2.44. The van der Waals surface area contributed by atoms with Crippen molar-refractivity contribution in [1.29, 1.82) is 0 Å². The summed E-state index contributed by atoms with van der Waals surface area (Å²) >= 11 is 0. The smallest absolute Gasteiger partial charge is 0.255 e. The van der Waals surface area contributed by atoms with Crippen LogP contribution in [0.3, 0.4) is 0 Å². The monoisotopic (exact) mass is 358 g/mol. The van der Waals surface area contributed by atoms with Crippen LogP contribution in [0.15, 0.2) is 30.3 Å². The molecule has 2 heterocycles. The number of rotatable bonds is 5. The Bertz CT molecular complexity index is 638. The summed E-state index contributed by atoms with van der Waals surface area (Å²) in [5.74, 6) is 0.566. The van der Waals surface area contributed by atoms with Crippen LogP contribution in [0.5, 0.6) is 0 Å². The average molecular weight is 358 g/mol. The van der Waals surface area contributed by atoms with Gasteiger partial charge < -0.3 is 15.1 Å². The normalized spacial score (nSPS) is 29.8. The Labute approximate surface area is 155 Å². The van der Waals surface area contributed by atoms with E-state index in [4.69, 9.17) is 0 Å². The van der Waals surface area contributed by atoms with Crippen molar-refractivity contribution in [2.45, 2.75) is 49.7 Å². The standard InChI is InChI=1S/C21H30N2O3/c24-19-21(26,9-4-12-23(19)15-17-7-8-17)16-22-13-10-20(25,11-14-22)18-5-2-1-3-6-18/h1-3,5-6,17,25-26H,4,7-16H2. The van der Waals surface area contributed by atoms with Crippen molar-refractivity contribution in [2.75, 3.05) is 32.7 Å². The minimum Gasteiger partial charge on any atom is -0.385 e. The third-order valence-corrected chi connectivity index (χ3v) is 6.36. The number of benzene rings is 1. The van der Waals surface area contributed by atoms with Crippen LogP contribution in [-0.4, -0.2) is 64.2 Å². The lowest BCUT2D eigenvalue weighted by molar-refractivity contribution is -0.161. The fourth-order valence-electron chi connectivity index (χ4n) is 4.49. The molecule has 2 saturated heterocycles. The Balaban J connectivity index is 1.36. The minimum absolute atomic E-state index is 0.0838. The Morgan fingerprint density at radius 2 is 1.69 bits per heavy atom. The number of piperidine rings is 2. The number of hydrogen-bond donors (Lipinski definition) is 2. The minimum atomic E-state index is -1.25. The van der Waals surface area contributed by atoms with E-state index < -0.39 is 11.2 Å². The predicted octanol–water partition coefficient (Wildman–Crippen LogP) is 1.73. The van der Waals surface area contributed by atoms with Crippen molar-refractivity contribution in [3.05, 3.63) is 35.9 Å². The zero-order valence-corrected chi connectivity index (χ0v) is 15.4. The van der Waals surface area contributed by atoms with E-state index >= 15 is 0 Å². The second-order valence-corrected chi connectivity index (χ2v) is 8.50. The van der Waals surface area contributed by atoms with Gasteiger partial charge in [-0.3, -0.25) is 9.69 Å². The highest BCUT2D eigenvalue weighted by Gasteiger charge is 2.45. The molecule has 1 aromatic rings. The summed E-state index contributed by atoms with van der Waals surface area (Å²) in [6.07, 6.45) is 5.11. The van der Waals surface area contributed by atoms with Gasteiger partial charge in [0.1, 0.15) is 0 Å². The fraction of sp³-hybridized carbons (Fsp3) is 0.667. The fourth-order valence-corrected chi connectivity index (χ4v) is 4.49. The van der Waals surface area contributed by atoms with Crippen LogP contribution in [-0.2, 0) is 10.4 Å². The van der Waals surface area contributed by atoms with Gasteiger partial charge in [-0.1, -0.05) is 30.3 Å². The second kappa shape index (κ2) is 6.95. The zero-order valence-electron chi connectivity index (χ0n) is 15.4. The largest absolute Gasteiger partial charge is 0.385 e. The molecule has 1 saturated carbocycles. The van der Waals surface area contributed by atoms with E-state index in [-0.39, 0.29) is 5.91 Å². The number of aliphatic hydroxyl groups is 2. The van der Waals surface area contributed by atoms with Crippen LogP contribution in [0.25, 0.3) is 0 Å². The van der Waals surface area contributed by atoms with Crippen molar-refractivity contribution in [2.24, 2.45) is 5.92 Å². The molecule has 0 spiro atoms. The molecule has 3 aliphatic rings. The van der Waals surface area contributed by atoms with Crippen LogP contribution >= 0.6 is 0 Å². The average Bonchev–Trinajstić information content (AvgIpc) is 3.46. The lowest BCUT2D eigenvalue weighted by atomic mass is 9.83. The third-order valence-electron chi connectivity index (χ3n) is 6.36. The van der Waals surface area contributed by atoms with Crippen molar-refractivity contribution in [1.82, 2.24) is 9.80 Å². The number of hydrogen-bond acceptors (Lipinski definition) is 4. The molecule has 0 bridgehead atoms. The van der Waals surface area contributed by atoms with Gasteiger partial charge in [0, 0.05) is 32.7 Å². The molecular weight excluding hydrogens is 328 g/mol. The highest BCUT2D eigenvalue weighted by molar-refractivity contribution is 5.86. The summed E-state index contributed by atoms with van der Waals surface area (Å²) in [4.78, 5) is 16.9. The number of nitrogens with zero attached hydrogens (tertiary/aromatic N) is 2. The highest BCUT2D eigenvalue weighted by Crippen LogP contribution is 2.35. The Hall–Kier alpha value is -1.43. The molecule has 5 heteroatoms. The molecule has 2 aliphatic heterocycles. The molecule has 3 fully saturated rings. The molecule has 0 radical (unpaired) electrons. The van der Waals surface area contributed by atoms with Gasteiger partial charge in [-0.05, 0) is 50.0 Å². The van der Waals surface area contributed by atoms with Gasteiger partial charge in [0.2, 0.25) is 0 Å². The first-order valence-corrected chi connectivity index (χ1v) is 10.0. The van der Waals surface area contributed by atoms with Crippen LogP contribution < -0.4 is 0 Å². The molecule has 4 rings (SSSR count). The number of carbonyl (C=O) groups excluding carboxylic acids is 1. The van der Waals surface area contributed by atoms with Gasteiger partial charge in [0.05, 0.1) is 5.60 Å². The third kappa shape index (κ3) is 3.66. The maximum atomic E-state index is 12.8. The molecule has 5 nitrogen and oxygen atoms in total. The second-order valence-electron chi connectivity index (χ2n) is 8.50. The Morgan fingerprint density at radius 1 is 1.00 bits per heavy atom. The van der Waals surface area contributed by atoms with Crippen molar-refractivity contribution in [3.8, 4) is 0 Å². The molecule has 26 heavy (non-hydrogen) atoms. The maximum absolute atomic E-state index is 12.8. The molecule has 1 atom stereocenters. The number of carbonyl (C=O) groups is 1. The summed E-state index contributed by atoms with van der Waals surface area (Å²) in [6.45, 7) is 3.38. The first kappa shape index (κ1) is 18.0. The molecule has 0 aromatic heterocycles. The van der Waals surface area contributed by atoms with Crippen LogP contribution in [0, 0.1) is 5.92 Å². The first-order chi connectivity index (χ1) is 12.5. The highest BCUT2D eigenvalue weighted by atomic mass is 16.3. The molecule has 2 N–H and O–H groups in total. The number of β-amino-alcohol motifs (C(OH)–C–C–N with tert-alkyl or cyclic N) is 1. The summed E-state index contributed by atoms with van der Waals surface area (Å²) < 4.78 is 0. The van der Waals surface area contributed by atoms with E-state index in [1.54, 1.807) is 0 Å². The van der Waals surface area contributed by atoms with E-state index in [1.807, 2.05) is 35.2 Å². The summed E-state index contributed by atoms with van der Waals surface area (Å²) in [5, 5.41) is 22.0. The Morgan fingerprint density at radius 3 is 2.35 bits per heavy atom. The summed E-state index contributed by atoms with van der Waals surface area (Å²) in [7, 11) is 0. The van der Waals surface area contributed by atoms with E-state index in [0.29, 0.717) is 44.8 Å². The zero-order chi connectivity index (χ0) is 18.2. The lowest BCUT2D eigenvalue weighted by Crippen LogP contribution is -2.60. The van der Waals surface area contributed by atoms with E-state index in [9.17, 15) is 15.0 Å². The molecule has 1 aliphatic carbocycles. The van der Waals surface area contributed by atoms with Crippen LogP contribution in [0.1, 0.15) is 44.1 Å². The van der Waals surface area contributed by atoms with Gasteiger partial charge in [0.25, 0.3) is 5.91 Å². The van der Waals surface area contributed by atoms with Gasteiger partial charge in [-0.15, -0.1) is 0 Å². The maximum Gasteiger partial charge on any atom is 0.255 e. The van der Waals surface area contributed by atoms with Gasteiger partial charge in [-0.2, -0.15) is 0 Å². The van der Waals surface area contributed by atoms with Gasteiger partial charge in [0.15, 0.2) is 5.60 Å². The molecule has 1 amide bonds. The van der Waals surface area contributed by atoms with E-state index in [0.717, 1.165) is 25.1 Å². The Kier molecular flexibility index (Phi) is 4.80. The molecular formula is C21H30N2O3. The molecule has 142 valence electrons.